The predicted molar refractivity (Wildman–Crippen MR) is 88.9 cm³/mol. The number of carbonyl (C=O) groups excluding carboxylic acids is 1. The summed E-state index contributed by atoms with van der Waals surface area (Å²) >= 11 is 1.76. The number of nitrogens with two attached hydrogens (primary N) is 1. The molecule has 1 heterocycles. The van der Waals surface area contributed by atoms with Crippen LogP contribution in [0.15, 0.2) is 30.3 Å². The molecule has 1 atom stereocenters. The molecule has 1 aromatic heterocycles. The molecule has 0 spiro atoms. The van der Waals surface area contributed by atoms with Gasteiger partial charge in [0.15, 0.2) is 0 Å². The zero-order valence-electron chi connectivity index (χ0n) is 12.8. The van der Waals surface area contributed by atoms with Crippen LogP contribution in [0.3, 0.4) is 0 Å². The van der Waals surface area contributed by atoms with Crippen LogP contribution in [0.4, 0.5) is 0 Å². The topological polar surface area (TPSA) is 55.1 Å². The van der Waals surface area contributed by atoms with Gasteiger partial charge in [-0.1, -0.05) is 18.2 Å². The number of carbonyl (C=O) groups is 1. The summed E-state index contributed by atoms with van der Waals surface area (Å²) in [6, 6.07) is 9.81. The van der Waals surface area contributed by atoms with Gasteiger partial charge in [0.2, 0.25) is 0 Å². The largest absolute Gasteiger partial charge is 0.345 e. The van der Waals surface area contributed by atoms with Crippen molar-refractivity contribution in [1.82, 2.24) is 5.32 Å². The molecule has 0 fully saturated rings. The van der Waals surface area contributed by atoms with Crippen molar-refractivity contribution in [3.63, 3.8) is 0 Å². The lowest BCUT2D eigenvalue weighted by Gasteiger charge is -2.15. The molecule has 3 N–H and O–H groups in total. The Balaban J connectivity index is 2.16. The van der Waals surface area contributed by atoms with Crippen LogP contribution in [0, 0.1) is 13.8 Å². The number of hydrogen-bond donors (Lipinski definition) is 2. The van der Waals surface area contributed by atoms with Crippen LogP contribution in [-0.2, 0) is 6.42 Å². The molecule has 112 valence electrons. The molecule has 0 saturated heterocycles. The summed E-state index contributed by atoms with van der Waals surface area (Å²) in [6.45, 7) is 6.75. The van der Waals surface area contributed by atoms with Crippen molar-refractivity contribution in [2.45, 2.75) is 33.2 Å². The van der Waals surface area contributed by atoms with Crippen LogP contribution in [0.5, 0.6) is 0 Å². The van der Waals surface area contributed by atoms with E-state index in [1.807, 2.05) is 31.2 Å². The van der Waals surface area contributed by atoms with Gasteiger partial charge in [0.25, 0.3) is 5.91 Å². The highest BCUT2D eigenvalue weighted by molar-refractivity contribution is 7.12. The van der Waals surface area contributed by atoms with E-state index >= 15 is 0 Å². The molecular formula is C17H22N2OS. The van der Waals surface area contributed by atoms with Crippen molar-refractivity contribution >= 4 is 17.2 Å². The Bertz CT molecular complexity index is 633. The quantitative estimate of drug-likeness (QED) is 0.890. The molecule has 21 heavy (non-hydrogen) atoms. The zero-order valence-corrected chi connectivity index (χ0v) is 13.6. The fourth-order valence-corrected chi connectivity index (χ4v) is 3.57. The number of benzene rings is 1. The van der Waals surface area contributed by atoms with Gasteiger partial charge in [-0.3, -0.25) is 4.79 Å². The van der Waals surface area contributed by atoms with Crippen LogP contribution < -0.4 is 11.1 Å². The second-order valence-electron chi connectivity index (χ2n) is 5.26. The van der Waals surface area contributed by atoms with E-state index in [0.717, 1.165) is 11.1 Å². The molecule has 1 aromatic carbocycles. The second-order valence-corrected chi connectivity index (χ2v) is 6.72. The Kier molecular flexibility index (Phi) is 5.15. The van der Waals surface area contributed by atoms with E-state index in [1.54, 1.807) is 11.3 Å². The number of amides is 1. The molecule has 0 aliphatic rings. The minimum absolute atomic E-state index is 0.00776. The monoisotopic (exact) mass is 302 g/mol. The lowest BCUT2D eigenvalue weighted by molar-refractivity contribution is 0.0939. The van der Waals surface area contributed by atoms with Crippen LogP contribution in [-0.4, -0.2) is 12.5 Å². The average molecular weight is 302 g/mol. The van der Waals surface area contributed by atoms with E-state index < -0.39 is 0 Å². The smallest absolute Gasteiger partial charge is 0.252 e. The number of thiophene rings is 1. The van der Waals surface area contributed by atoms with Gasteiger partial charge in [-0.2, -0.15) is 0 Å². The van der Waals surface area contributed by atoms with Crippen LogP contribution in [0.1, 0.15) is 44.2 Å². The van der Waals surface area contributed by atoms with Gasteiger partial charge >= 0.3 is 0 Å². The average Bonchev–Trinajstić information content (AvgIpc) is 2.78. The van der Waals surface area contributed by atoms with E-state index in [1.165, 1.54) is 15.3 Å². The molecule has 1 unspecified atom stereocenters. The first-order valence-corrected chi connectivity index (χ1v) is 8.00. The fourth-order valence-electron chi connectivity index (χ4n) is 2.55. The third kappa shape index (κ3) is 3.71. The van der Waals surface area contributed by atoms with Crippen LogP contribution >= 0.6 is 11.3 Å². The van der Waals surface area contributed by atoms with Gasteiger partial charge in [-0.25, -0.2) is 0 Å². The highest BCUT2D eigenvalue weighted by Crippen LogP contribution is 2.26. The first kappa shape index (κ1) is 15.7. The maximum atomic E-state index is 12.5. The van der Waals surface area contributed by atoms with Crippen molar-refractivity contribution in [3.05, 3.63) is 56.8 Å². The minimum atomic E-state index is -0.0326. The van der Waals surface area contributed by atoms with E-state index in [4.69, 9.17) is 5.73 Å². The van der Waals surface area contributed by atoms with Crippen molar-refractivity contribution in [2.24, 2.45) is 5.73 Å². The Labute approximate surface area is 130 Å². The summed E-state index contributed by atoms with van der Waals surface area (Å²) in [4.78, 5) is 15.0. The summed E-state index contributed by atoms with van der Waals surface area (Å²) in [5, 5.41) is 3.09. The van der Waals surface area contributed by atoms with E-state index in [2.05, 4.69) is 25.2 Å². The molecule has 0 radical (unpaired) electrons. The summed E-state index contributed by atoms with van der Waals surface area (Å²) in [5.74, 6) is -0.0326. The normalized spacial score (nSPS) is 12.2. The Morgan fingerprint density at radius 3 is 2.67 bits per heavy atom. The predicted octanol–water partition coefficient (Wildman–Crippen LogP) is 3.36. The molecule has 3 nitrogen and oxygen atoms in total. The van der Waals surface area contributed by atoms with E-state index in [-0.39, 0.29) is 11.9 Å². The summed E-state index contributed by atoms with van der Waals surface area (Å²) in [5.41, 5.74) is 8.53. The second kappa shape index (κ2) is 6.87. The number of hydrogen-bond acceptors (Lipinski definition) is 3. The molecule has 0 aliphatic heterocycles. The maximum Gasteiger partial charge on any atom is 0.252 e. The standard InChI is InChI=1S/C17H22N2OS/c1-11-10-16(13(3)21-11)12(2)19-17(20)15-7-5-4-6-14(15)8-9-18/h4-7,10,12H,8-9,18H2,1-3H3,(H,19,20). The summed E-state index contributed by atoms with van der Waals surface area (Å²) < 4.78 is 0. The number of nitrogens with one attached hydrogen (secondary N) is 1. The van der Waals surface area contributed by atoms with E-state index in [0.29, 0.717) is 13.0 Å². The van der Waals surface area contributed by atoms with Crippen LogP contribution in [0.25, 0.3) is 0 Å². The van der Waals surface area contributed by atoms with E-state index in [9.17, 15) is 4.79 Å². The lowest BCUT2D eigenvalue weighted by Crippen LogP contribution is -2.28. The number of rotatable bonds is 5. The zero-order chi connectivity index (χ0) is 15.4. The molecule has 1 amide bonds. The van der Waals surface area contributed by atoms with Gasteiger partial charge < -0.3 is 11.1 Å². The molecule has 2 aromatic rings. The Morgan fingerprint density at radius 1 is 1.33 bits per heavy atom. The molecule has 4 heteroatoms. The fraction of sp³-hybridized carbons (Fsp3) is 0.353. The highest BCUT2D eigenvalue weighted by atomic mass is 32.1. The number of aryl methyl sites for hydroxylation is 2. The summed E-state index contributed by atoms with van der Waals surface area (Å²) in [6.07, 6.45) is 0.717. The Hall–Kier alpha value is -1.65. The third-order valence-electron chi connectivity index (χ3n) is 3.57. The maximum absolute atomic E-state index is 12.5. The van der Waals surface area contributed by atoms with Crippen molar-refractivity contribution < 1.29 is 4.79 Å². The van der Waals surface area contributed by atoms with Crippen molar-refractivity contribution in [2.75, 3.05) is 6.54 Å². The lowest BCUT2D eigenvalue weighted by atomic mass is 10.0. The van der Waals surface area contributed by atoms with Gasteiger partial charge in [0, 0.05) is 15.3 Å². The first-order valence-electron chi connectivity index (χ1n) is 7.18. The molecule has 0 aliphatic carbocycles. The van der Waals surface area contributed by atoms with Gasteiger partial charge in [-0.15, -0.1) is 11.3 Å². The molecule has 0 bridgehead atoms. The summed E-state index contributed by atoms with van der Waals surface area (Å²) in [7, 11) is 0. The van der Waals surface area contributed by atoms with Crippen LogP contribution in [0.2, 0.25) is 0 Å². The van der Waals surface area contributed by atoms with Crippen molar-refractivity contribution in [1.29, 1.82) is 0 Å². The third-order valence-corrected chi connectivity index (χ3v) is 4.55. The SMILES string of the molecule is Cc1cc(C(C)NC(=O)c2ccccc2CCN)c(C)s1. The van der Waals surface area contributed by atoms with Crippen molar-refractivity contribution in [3.8, 4) is 0 Å². The molecule has 2 rings (SSSR count). The van der Waals surface area contributed by atoms with Gasteiger partial charge in [0.05, 0.1) is 6.04 Å². The Morgan fingerprint density at radius 2 is 2.05 bits per heavy atom. The highest BCUT2D eigenvalue weighted by Gasteiger charge is 2.16. The first-order chi connectivity index (χ1) is 10.0. The van der Waals surface area contributed by atoms with Gasteiger partial charge in [-0.05, 0) is 57.0 Å². The molecule has 0 saturated carbocycles. The minimum Gasteiger partial charge on any atom is -0.345 e. The van der Waals surface area contributed by atoms with Gasteiger partial charge in [0.1, 0.15) is 0 Å². The molecular weight excluding hydrogens is 280 g/mol.